The third-order valence-electron chi connectivity index (χ3n) is 4.75. The van der Waals surface area contributed by atoms with Crippen LogP contribution in [0.25, 0.3) is 11.1 Å². The van der Waals surface area contributed by atoms with E-state index in [1.165, 1.54) is 0 Å². The molecule has 6 heteroatoms. The third kappa shape index (κ3) is 5.55. The van der Waals surface area contributed by atoms with E-state index in [1.807, 2.05) is 54.6 Å². The molecule has 0 aromatic heterocycles. The molecule has 0 heterocycles. The molecule has 4 aromatic rings. The zero-order chi connectivity index (χ0) is 22.3. The van der Waals surface area contributed by atoms with E-state index in [1.54, 1.807) is 36.4 Å². The van der Waals surface area contributed by atoms with Gasteiger partial charge in [-0.25, -0.2) is 10.2 Å². The minimum Gasteiger partial charge on any atom is -0.307 e. The van der Waals surface area contributed by atoms with Gasteiger partial charge in [0.1, 0.15) is 0 Å². The van der Waals surface area contributed by atoms with Crippen LogP contribution >= 0.6 is 23.2 Å². The molecule has 4 aromatic carbocycles. The van der Waals surface area contributed by atoms with E-state index in [2.05, 4.69) is 28.0 Å². The highest BCUT2D eigenvalue weighted by molar-refractivity contribution is 6.31. The molecule has 0 atom stereocenters. The average molecular weight is 460 g/mol. The molecule has 0 fully saturated rings. The maximum absolute atomic E-state index is 12.4. The van der Waals surface area contributed by atoms with Crippen molar-refractivity contribution < 1.29 is 4.79 Å². The Bertz CT molecular complexity index is 1220. The third-order valence-corrected chi connectivity index (χ3v) is 5.26. The van der Waals surface area contributed by atoms with Crippen LogP contribution in [0.4, 0.5) is 10.5 Å². The Morgan fingerprint density at radius 2 is 1.12 bits per heavy atom. The predicted octanol–water partition coefficient (Wildman–Crippen LogP) is 7.23. The topological polar surface area (TPSA) is 53.5 Å². The number of halogens is 2. The number of benzene rings is 4. The Kier molecular flexibility index (Phi) is 6.85. The van der Waals surface area contributed by atoms with Gasteiger partial charge in [-0.15, -0.1) is 0 Å². The molecule has 0 unspecified atom stereocenters. The van der Waals surface area contributed by atoms with E-state index in [4.69, 9.17) is 23.2 Å². The van der Waals surface area contributed by atoms with Crippen molar-refractivity contribution in [3.63, 3.8) is 0 Å². The lowest BCUT2D eigenvalue weighted by Gasteiger charge is -2.10. The fourth-order valence-electron chi connectivity index (χ4n) is 3.15. The summed E-state index contributed by atoms with van der Waals surface area (Å²) in [7, 11) is 0. The Balaban J connectivity index is 1.59. The number of hydrogen-bond donors (Lipinski definition) is 2. The standard InChI is InChI=1S/C26H19Cl2N3O/c27-22-12-10-21(11-13-22)25(30-31-26(32)29-24-16-14-23(28)15-17-24)20-8-6-19(7-9-20)18-4-2-1-3-5-18/h1-17H,(H2,29,31,32). The summed E-state index contributed by atoms with van der Waals surface area (Å²) in [5.41, 5.74) is 7.72. The van der Waals surface area contributed by atoms with Crippen LogP contribution in [0.15, 0.2) is 108 Å². The van der Waals surface area contributed by atoms with Crippen LogP contribution in [0.1, 0.15) is 11.1 Å². The van der Waals surface area contributed by atoms with Crippen molar-refractivity contribution in [3.8, 4) is 11.1 Å². The largest absolute Gasteiger partial charge is 0.339 e. The van der Waals surface area contributed by atoms with Crippen LogP contribution in [0, 0.1) is 0 Å². The van der Waals surface area contributed by atoms with Gasteiger partial charge in [-0.05, 0) is 47.5 Å². The highest BCUT2D eigenvalue weighted by atomic mass is 35.5. The molecule has 0 aliphatic heterocycles. The van der Waals surface area contributed by atoms with Gasteiger partial charge in [0.2, 0.25) is 0 Å². The highest BCUT2D eigenvalue weighted by Crippen LogP contribution is 2.21. The molecule has 2 N–H and O–H groups in total. The van der Waals surface area contributed by atoms with Crippen LogP contribution in [-0.4, -0.2) is 11.7 Å². The minimum atomic E-state index is -0.459. The molecule has 0 saturated heterocycles. The lowest BCUT2D eigenvalue weighted by atomic mass is 9.99. The number of carbonyl (C=O) groups excluding carboxylic acids is 1. The molecule has 2 amide bonds. The van der Waals surface area contributed by atoms with Crippen molar-refractivity contribution >= 4 is 40.6 Å². The molecular formula is C26H19Cl2N3O. The molecule has 0 saturated carbocycles. The first-order valence-corrected chi connectivity index (χ1v) is 10.7. The Hall–Kier alpha value is -3.60. The van der Waals surface area contributed by atoms with Gasteiger partial charge in [-0.3, -0.25) is 0 Å². The van der Waals surface area contributed by atoms with Crippen molar-refractivity contribution in [2.24, 2.45) is 5.10 Å². The zero-order valence-electron chi connectivity index (χ0n) is 16.9. The van der Waals surface area contributed by atoms with E-state index in [-0.39, 0.29) is 0 Å². The predicted molar refractivity (Wildman–Crippen MR) is 133 cm³/mol. The van der Waals surface area contributed by atoms with Crippen molar-refractivity contribution in [3.05, 3.63) is 124 Å². The fraction of sp³-hybridized carbons (Fsp3) is 0. The number of nitrogens with one attached hydrogen (secondary N) is 2. The van der Waals surface area contributed by atoms with Gasteiger partial charge in [-0.2, -0.15) is 5.10 Å². The minimum absolute atomic E-state index is 0.459. The van der Waals surface area contributed by atoms with E-state index in [0.29, 0.717) is 21.4 Å². The van der Waals surface area contributed by atoms with E-state index >= 15 is 0 Å². The number of hydrazone groups is 1. The normalized spacial score (nSPS) is 11.1. The second kappa shape index (κ2) is 10.1. The summed E-state index contributed by atoms with van der Waals surface area (Å²) in [6.07, 6.45) is 0. The molecular weight excluding hydrogens is 441 g/mol. The number of rotatable bonds is 5. The second-order valence-corrected chi connectivity index (χ2v) is 7.86. The van der Waals surface area contributed by atoms with Crippen LogP contribution in [0.3, 0.4) is 0 Å². The lowest BCUT2D eigenvalue weighted by molar-refractivity contribution is 0.252. The summed E-state index contributed by atoms with van der Waals surface area (Å²) in [6, 6.07) is 31.8. The average Bonchev–Trinajstić information content (AvgIpc) is 2.83. The molecule has 4 nitrogen and oxygen atoms in total. The van der Waals surface area contributed by atoms with Crippen LogP contribution in [0.5, 0.6) is 0 Å². The summed E-state index contributed by atoms with van der Waals surface area (Å²) in [4.78, 5) is 12.4. The van der Waals surface area contributed by atoms with E-state index in [9.17, 15) is 4.79 Å². The monoisotopic (exact) mass is 459 g/mol. The van der Waals surface area contributed by atoms with Gasteiger partial charge in [0, 0.05) is 26.9 Å². The number of urea groups is 1. The maximum Gasteiger partial charge on any atom is 0.339 e. The molecule has 0 radical (unpaired) electrons. The Morgan fingerprint density at radius 1 is 0.625 bits per heavy atom. The van der Waals surface area contributed by atoms with Gasteiger partial charge < -0.3 is 5.32 Å². The van der Waals surface area contributed by atoms with Gasteiger partial charge >= 0.3 is 6.03 Å². The number of amides is 2. The second-order valence-electron chi connectivity index (χ2n) is 6.98. The van der Waals surface area contributed by atoms with Gasteiger partial charge in [0.25, 0.3) is 0 Å². The quantitative estimate of drug-likeness (QED) is 0.240. The van der Waals surface area contributed by atoms with Gasteiger partial charge in [0.15, 0.2) is 0 Å². The highest BCUT2D eigenvalue weighted by Gasteiger charge is 2.10. The van der Waals surface area contributed by atoms with Crippen molar-refractivity contribution in [2.45, 2.75) is 0 Å². The smallest absolute Gasteiger partial charge is 0.307 e. The van der Waals surface area contributed by atoms with Crippen molar-refractivity contribution in [1.82, 2.24) is 5.43 Å². The summed E-state index contributed by atoms with van der Waals surface area (Å²) >= 11 is 11.9. The summed E-state index contributed by atoms with van der Waals surface area (Å²) < 4.78 is 0. The Labute approximate surface area is 196 Å². The van der Waals surface area contributed by atoms with Crippen LogP contribution in [0.2, 0.25) is 10.0 Å². The fourth-order valence-corrected chi connectivity index (χ4v) is 3.41. The first-order chi connectivity index (χ1) is 15.6. The number of anilines is 1. The lowest BCUT2D eigenvalue weighted by Crippen LogP contribution is -2.26. The van der Waals surface area contributed by atoms with E-state index in [0.717, 1.165) is 22.3 Å². The maximum atomic E-state index is 12.4. The number of carbonyl (C=O) groups is 1. The van der Waals surface area contributed by atoms with Crippen molar-refractivity contribution in [2.75, 3.05) is 5.32 Å². The first kappa shape index (κ1) is 21.6. The molecule has 0 aliphatic carbocycles. The molecule has 0 aliphatic rings. The zero-order valence-corrected chi connectivity index (χ0v) is 18.4. The van der Waals surface area contributed by atoms with Crippen LogP contribution in [-0.2, 0) is 0 Å². The number of nitrogens with zero attached hydrogens (tertiary/aromatic N) is 1. The molecule has 4 rings (SSSR count). The van der Waals surface area contributed by atoms with Crippen molar-refractivity contribution in [1.29, 1.82) is 0 Å². The first-order valence-electron chi connectivity index (χ1n) is 9.90. The molecule has 0 spiro atoms. The van der Waals surface area contributed by atoms with E-state index < -0.39 is 6.03 Å². The molecule has 158 valence electrons. The summed E-state index contributed by atoms with van der Waals surface area (Å²) in [6.45, 7) is 0. The van der Waals surface area contributed by atoms with Gasteiger partial charge in [0.05, 0.1) is 5.71 Å². The molecule has 0 bridgehead atoms. The number of hydrogen-bond acceptors (Lipinski definition) is 2. The van der Waals surface area contributed by atoms with Crippen LogP contribution < -0.4 is 10.7 Å². The Morgan fingerprint density at radius 3 is 1.72 bits per heavy atom. The molecule has 32 heavy (non-hydrogen) atoms. The summed E-state index contributed by atoms with van der Waals surface area (Å²) in [5.74, 6) is 0. The van der Waals surface area contributed by atoms with Gasteiger partial charge in [-0.1, -0.05) is 89.9 Å². The SMILES string of the molecule is O=C(NN=C(c1ccc(Cl)cc1)c1ccc(-c2ccccc2)cc1)Nc1ccc(Cl)cc1. The summed E-state index contributed by atoms with van der Waals surface area (Å²) in [5, 5.41) is 8.35.